The van der Waals surface area contributed by atoms with Crippen molar-refractivity contribution in [2.75, 3.05) is 6.54 Å². The largest absolute Gasteiger partial charge is 0.473 e. The minimum atomic E-state index is -0.0630. The molecule has 0 radical (unpaired) electrons. The standard InChI is InChI=1S/C13H16N4O2/c1-8(9-5-11(18)15-6-9)19-13-12-10(3-4-14-13)16-7-17(12)2/h3-4,7-9H,5-6H2,1-2H3,(H,15,18)/t8-,9-/m1/s1. The average molecular weight is 260 g/mol. The van der Waals surface area contributed by atoms with Crippen molar-refractivity contribution in [2.45, 2.75) is 19.4 Å². The second-order valence-corrected chi connectivity index (χ2v) is 4.93. The van der Waals surface area contributed by atoms with E-state index in [-0.39, 0.29) is 17.9 Å². The molecule has 3 heterocycles. The Morgan fingerprint density at radius 2 is 2.37 bits per heavy atom. The highest BCUT2D eigenvalue weighted by Gasteiger charge is 2.28. The third-order valence-electron chi connectivity index (χ3n) is 3.56. The van der Waals surface area contributed by atoms with Crippen molar-refractivity contribution < 1.29 is 9.53 Å². The van der Waals surface area contributed by atoms with Crippen molar-refractivity contribution >= 4 is 16.9 Å². The van der Waals surface area contributed by atoms with Crippen LogP contribution < -0.4 is 10.1 Å². The van der Waals surface area contributed by atoms with E-state index in [1.807, 2.05) is 24.6 Å². The van der Waals surface area contributed by atoms with E-state index in [9.17, 15) is 4.79 Å². The summed E-state index contributed by atoms with van der Waals surface area (Å²) in [7, 11) is 1.91. The van der Waals surface area contributed by atoms with Crippen LogP contribution in [0, 0.1) is 5.92 Å². The van der Waals surface area contributed by atoms with Crippen LogP contribution in [0.1, 0.15) is 13.3 Å². The first-order chi connectivity index (χ1) is 9.15. The molecule has 0 aromatic carbocycles. The molecule has 2 atom stereocenters. The number of fused-ring (bicyclic) bond motifs is 1. The predicted molar refractivity (Wildman–Crippen MR) is 69.7 cm³/mol. The number of aryl methyl sites for hydroxylation is 1. The number of carbonyl (C=O) groups is 1. The van der Waals surface area contributed by atoms with Crippen LogP contribution in [0.4, 0.5) is 0 Å². The normalized spacial score (nSPS) is 20.5. The first kappa shape index (κ1) is 12.0. The van der Waals surface area contributed by atoms with Gasteiger partial charge in [-0.1, -0.05) is 0 Å². The Kier molecular flexibility index (Phi) is 2.85. The molecule has 0 bridgehead atoms. The third kappa shape index (κ3) is 2.14. The number of aromatic nitrogens is 3. The van der Waals surface area contributed by atoms with Crippen LogP contribution in [0.15, 0.2) is 18.6 Å². The molecule has 0 unspecified atom stereocenters. The smallest absolute Gasteiger partial charge is 0.240 e. The first-order valence-corrected chi connectivity index (χ1v) is 6.34. The van der Waals surface area contributed by atoms with Crippen molar-refractivity contribution in [1.29, 1.82) is 0 Å². The molecule has 100 valence electrons. The van der Waals surface area contributed by atoms with E-state index in [0.717, 1.165) is 11.0 Å². The van der Waals surface area contributed by atoms with Gasteiger partial charge in [0.2, 0.25) is 11.8 Å². The van der Waals surface area contributed by atoms with Gasteiger partial charge >= 0.3 is 0 Å². The molecule has 1 fully saturated rings. The molecule has 6 nitrogen and oxygen atoms in total. The van der Waals surface area contributed by atoms with Crippen molar-refractivity contribution in [3.8, 4) is 5.88 Å². The number of hydrogen-bond donors (Lipinski definition) is 1. The molecule has 0 spiro atoms. The zero-order chi connectivity index (χ0) is 13.4. The topological polar surface area (TPSA) is 69.0 Å². The van der Waals surface area contributed by atoms with Crippen LogP contribution in [0.5, 0.6) is 5.88 Å². The molecule has 6 heteroatoms. The minimum Gasteiger partial charge on any atom is -0.473 e. The van der Waals surface area contributed by atoms with Gasteiger partial charge in [0.15, 0.2) is 0 Å². The van der Waals surface area contributed by atoms with Crippen LogP contribution in [0.25, 0.3) is 11.0 Å². The highest BCUT2D eigenvalue weighted by Crippen LogP contribution is 2.25. The zero-order valence-corrected chi connectivity index (χ0v) is 11.0. The summed E-state index contributed by atoms with van der Waals surface area (Å²) < 4.78 is 7.83. The van der Waals surface area contributed by atoms with E-state index in [4.69, 9.17) is 4.74 Å². The van der Waals surface area contributed by atoms with Gasteiger partial charge in [0, 0.05) is 32.1 Å². The molecule has 2 aromatic rings. The van der Waals surface area contributed by atoms with Gasteiger partial charge in [0.1, 0.15) is 11.6 Å². The Hall–Kier alpha value is -2.11. The molecule has 19 heavy (non-hydrogen) atoms. The average Bonchev–Trinajstić information content (AvgIpc) is 2.97. The van der Waals surface area contributed by atoms with E-state index in [2.05, 4.69) is 15.3 Å². The maximum absolute atomic E-state index is 11.2. The van der Waals surface area contributed by atoms with Crippen LogP contribution in [0.2, 0.25) is 0 Å². The van der Waals surface area contributed by atoms with Crippen molar-refractivity contribution in [3.05, 3.63) is 18.6 Å². The van der Waals surface area contributed by atoms with Crippen molar-refractivity contribution in [1.82, 2.24) is 19.9 Å². The summed E-state index contributed by atoms with van der Waals surface area (Å²) >= 11 is 0. The van der Waals surface area contributed by atoms with Gasteiger partial charge in [-0.05, 0) is 13.0 Å². The quantitative estimate of drug-likeness (QED) is 0.889. The highest BCUT2D eigenvalue weighted by molar-refractivity contribution is 5.80. The van der Waals surface area contributed by atoms with Gasteiger partial charge in [-0.3, -0.25) is 4.79 Å². The van der Waals surface area contributed by atoms with Crippen LogP contribution >= 0.6 is 0 Å². The Bertz CT molecular complexity index is 622. The molecule has 1 amide bonds. The number of carbonyl (C=O) groups excluding carboxylic acids is 1. The number of nitrogens with one attached hydrogen (secondary N) is 1. The maximum Gasteiger partial charge on any atom is 0.240 e. The molecule has 1 aliphatic heterocycles. The zero-order valence-electron chi connectivity index (χ0n) is 11.0. The highest BCUT2D eigenvalue weighted by atomic mass is 16.5. The lowest BCUT2D eigenvalue weighted by Crippen LogP contribution is -2.26. The number of rotatable bonds is 3. The molecule has 0 aliphatic carbocycles. The fourth-order valence-corrected chi connectivity index (χ4v) is 2.39. The fourth-order valence-electron chi connectivity index (χ4n) is 2.39. The van der Waals surface area contributed by atoms with Crippen LogP contribution in [-0.2, 0) is 11.8 Å². The number of amides is 1. The predicted octanol–water partition coefficient (Wildman–Crippen LogP) is 0.872. The van der Waals surface area contributed by atoms with Crippen LogP contribution in [0.3, 0.4) is 0 Å². The molecule has 2 aromatic heterocycles. The van der Waals surface area contributed by atoms with E-state index >= 15 is 0 Å². The van der Waals surface area contributed by atoms with Gasteiger partial charge < -0.3 is 14.6 Å². The van der Waals surface area contributed by atoms with Gasteiger partial charge in [-0.2, -0.15) is 0 Å². The molecular weight excluding hydrogens is 244 g/mol. The van der Waals surface area contributed by atoms with E-state index in [1.54, 1.807) is 12.5 Å². The minimum absolute atomic E-state index is 0.0630. The summed E-state index contributed by atoms with van der Waals surface area (Å²) in [5.74, 6) is 0.856. The molecule has 1 N–H and O–H groups in total. The van der Waals surface area contributed by atoms with Gasteiger partial charge in [0.05, 0.1) is 11.8 Å². The second kappa shape index (κ2) is 4.53. The summed E-state index contributed by atoms with van der Waals surface area (Å²) in [5.41, 5.74) is 1.74. The Balaban J connectivity index is 1.85. The molecule has 1 saturated heterocycles. The van der Waals surface area contributed by atoms with Crippen molar-refractivity contribution in [3.63, 3.8) is 0 Å². The number of ether oxygens (including phenoxy) is 1. The number of hydrogen-bond acceptors (Lipinski definition) is 4. The first-order valence-electron chi connectivity index (χ1n) is 6.34. The lowest BCUT2D eigenvalue weighted by Gasteiger charge is -2.19. The SMILES string of the molecule is C[C@@H](Oc1nccc2ncn(C)c12)[C@H]1CNC(=O)C1. The number of pyridine rings is 1. The Morgan fingerprint density at radius 1 is 1.53 bits per heavy atom. The monoisotopic (exact) mass is 260 g/mol. The van der Waals surface area contributed by atoms with Gasteiger partial charge in [-0.25, -0.2) is 9.97 Å². The molecule has 0 saturated carbocycles. The fraction of sp³-hybridized carbons (Fsp3) is 0.462. The molecule has 3 rings (SSSR count). The Labute approximate surface area is 110 Å². The lowest BCUT2D eigenvalue weighted by atomic mass is 10.0. The summed E-state index contributed by atoms with van der Waals surface area (Å²) in [6.45, 7) is 2.64. The molecule has 1 aliphatic rings. The summed E-state index contributed by atoms with van der Waals surface area (Å²) in [4.78, 5) is 19.8. The van der Waals surface area contributed by atoms with Crippen molar-refractivity contribution in [2.24, 2.45) is 13.0 Å². The third-order valence-corrected chi connectivity index (χ3v) is 3.56. The van der Waals surface area contributed by atoms with E-state index in [1.165, 1.54) is 0 Å². The molecular formula is C13H16N4O2. The number of nitrogens with zero attached hydrogens (tertiary/aromatic N) is 3. The lowest BCUT2D eigenvalue weighted by molar-refractivity contribution is -0.119. The summed E-state index contributed by atoms with van der Waals surface area (Å²) in [6, 6.07) is 1.85. The number of imidazole rings is 1. The summed E-state index contributed by atoms with van der Waals surface area (Å²) in [6.07, 6.45) is 3.88. The van der Waals surface area contributed by atoms with Gasteiger partial charge in [-0.15, -0.1) is 0 Å². The summed E-state index contributed by atoms with van der Waals surface area (Å²) in [5, 5.41) is 2.82. The maximum atomic E-state index is 11.2. The van der Waals surface area contributed by atoms with Crippen LogP contribution in [-0.4, -0.2) is 33.1 Å². The Morgan fingerprint density at radius 3 is 3.11 bits per heavy atom. The second-order valence-electron chi connectivity index (χ2n) is 4.93. The van der Waals surface area contributed by atoms with Gasteiger partial charge in [0.25, 0.3) is 0 Å². The van der Waals surface area contributed by atoms with E-state index < -0.39 is 0 Å². The van der Waals surface area contributed by atoms with E-state index in [0.29, 0.717) is 18.8 Å².